The highest BCUT2D eigenvalue weighted by Gasteiger charge is 2.38. The van der Waals surface area contributed by atoms with E-state index in [4.69, 9.17) is 10.8 Å². The van der Waals surface area contributed by atoms with E-state index in [1.54, 1.807) is 26.0 Å². The molecule has 1 aromatic rings. The number of nitrogens with two attached hydrogens (primary N) is 1. The van der Waals surface area contributed by atoms with Crippen LogP contribution in [0.1, 0.15) is 39.2 Å². The SMILES string of the molecule is CC(NC(=O)C(NC(=O)C1CCCN1C(=O)C(N)Cc1ccc(O)cc1)C(C)C)C(=O)O. The molecule has 0 spiro atoms. The lowest BCUT2D eigenvalue weighted by molar-refractivity contribution is -0.143. The Labute approximate surface area is 187 Å². The number of nitrogens with one attached hydrogen (secondary N) is 2. The average molecular weight is 449 g/mol. The molecule has 0 radical (unpaired) electrons. The van der Waals surface area contributed by atoms with Crippen molar-refractivity contribution in [3.8, 4) is 5.75 Å². The van der Waals surface area contributed by atoms with Crippen LogP contribution in [0.5, 0.6) is 5.75 Å². The molecule has 0 bridgehead atoms. The predicted octanol–water partition coefficient (Wildman–Crippen LogP) is -0.0169. The quantitative estimate of drug-likeness (QED) is 0.355. The average Bonchev–Trinajstić information content (AvgIpc) is 3.22. The first kappa shape index (κ1) is 25.1. The minimum Gasteiger partial charge on any atom is -0.508 e. The summed E-state index contributed by atoms with van der Waals surface area (Å²) in [6.07, 6.45) is 1.33. The third kappa shape index (κ3) is 6.43. The van der Waals surface area contributed by atoms with Gasteiger partial charge in [0.25, 0.3) is 0 Å². The Bertz CT molecular complexity index is 841. The van der Waals surface area contributed by atoms with Crippen LogP contribution in [0.25, 0.3) is 0 Å². The van der Waals surface area contributed by atoms with Crippen LogP contribution in [0.3, 0.4) is 0 Å². The second-order valence-electron chi connectivity index (χ2n) is 8.47. The summed E-state index contributed by atoms with van der Waals surface area (Å²) >= 11 is 0. The first-order valence-corrected chi connectivity index (χ1v) is 10.7. The molecule has 2 rings (SSSR count). The molecule has 1 heterocycles. The van der Waals surface area contributed by atoms with E-state index in [2.05, 4.69) is 10.6 Å². The van der Waals surface area contributed by atoms with Crippen LogP contribution in [0.2, 0.25) is 0 Å². The molecule has 1 fully saturated rings. The van der Waals surface area contributed by atoms with E-state index in [-0.39, 0.29) is 24.0 Å². The highest BCUT2D eigenvalue weighted by molar-refractivity contribution is 5.94. The third-order valence-electron chi connectivity index (χ3n) is 5.52. The smallest absolute Gasteiger partial charge is 0.325 e. The minimum absolute atomic E-state index is 0.117. The molecule has 6 N–H and O–H groups in total. The number of nitrogens with zero attached hydrogens (tertiary/aromatic N) is 1. The maximum Gasteiger partial charge on any atom is 0.325 e. The molecule has 10 nitrogen and oxygen atoms in total. The lowest BCUT2D eigenvalue weighted by Gasteiger charge is -2.29. The molecule has 0 saturated carbocycles. The van der Waals surface area contributed by atoms with Gasteiger partial charge in [0.1, 0.15) is 23.9 Å². The van der Waals surface area contributed by atoms with Gasteiger partial charge in [-0.05, 0) is 49.8 Å². The topological polar surface area (TPSA) is 162 Å². The van der Waals surface area contributed by atoms with Gasteiger partial charge in [-0.25, -0.2) is 0 Å². The van der Waals surface area contributed by atoms with Crippen molar-refractivity contribution in [3.05, 3.63) is 29.8 Å². The first-order chi connectivity index (χ1) is 15.0. The summed E-state index contributed by atoms with van der Waals surface area (Å²) in [6, 6.07) is 2.76. The van der Waals surface area contributed by atoms with Crippen LogP contribution >= 0.6 is 0 Å². The fraction of sp³-hybridized carbons (Fsp3) is 0.545. The molecular weight excluding hydrogens is 416 g/mol. The number of phenolic OH excluding ortho intramolecular Hbond substituents is 1. The second-order valence-corrected chi connectivity index (χ2v) is 8.47. The van der Waals surface area contributed by atoms with Crippen LogP contribution in [0, 0.1) is 5.92 Å². The zero-order chi connectivity index (χ0) is 24.0. The predicted molar refractivity (Wildman–Crippen MR) is 117 cm³/mol. The molecule has 4 atom stereocenters. The molecule has 1 aromatic carbocycles. The number of likely N-dealkylation sites (tertiary alicyclic amines) is 1. The first-order valence-electron chi connectivity index (χ1n) is 10.7. The van der Waals surface area contributed by atoms with Crippen molar-refractivity contribution in [2.45, 2.75) is 64.2 Å². The molecule has 32 heavy (non-hydrogen) atoms. The van der Waals surface area contributed by atoms with E-state index in [0.29, 0.717) is 19.4 Å². The highest BCUT2D eigenvalue weighted by atomic mass is 16.4. The number of phenols is 1. The van der Waals surface area contributed by atoms with Crippen LogP contribution in [0.4, 0.5) is 0 Å². The monoisotopic (exact) mass is 448 g/mol. The summed E-state index contributed by atoms with van der Waals surface area (Å²) in [7, 11) is 0. The van der Waals surface area contributed by atoms with Crippen molar-refractivity contribution >= 4 is 23.7 Å². The number of carbonyl (C=O) groups is 4. The number of aliphatic carboxylic acids is 1. The molecule has 1 aliphatic heterocycles. The Kier molecular flexibility index (Phi) is 8.59. The van der Waals surface area contributed by atoms with Crippen molar-refractivity contribution in [1.29, 1.82) is 0 Å². The van der Waals surface area contributed by atoms with Crippen molar-refractivity contribution in [2.24, 2.45) is 11.7 Å². The zero-order valence-corrected chi connectivity index (χ0v) is 18.6. The van der Waals surface area contributed by atoms with Gasteiger partial charge in [-0.15, -0.1) is 0 Å². The van der Waals surface area contributed by atoms with E-state index in [9.17, 15) is 24.3 Å². The van der Waals surface area contributed by atoms with E-state index >= 15 is 0 Å². The summed E-state index contributed by atoms with van der Waals surface area (Å²) in [6.45, 7) is 5.20. The van der Waals surface area contributed by atoms with Gasteiger partial charge in [0, 0.05) is 6.54 Å². The molecule has 176 valence electrons. The van der Waals surface area contributed by atoms with Crippen LogP contribution in [-0.2, 0) is 25.6 Å². The standard InChI is InChI=1S/C22H32N4O6/c1-12(2)18(20(29)24-13(3)22(31)32)25-19(28)17-5-4-10-26(17)21(30)16(23)11-14-6-8-15(27)9-7-14/h6-9,12-13,16-18,27H,4-5,10-11,23H2,1-3H3,(H,24,29)(H,25,28)(H,31,32). The fourth-order valence-electron chi connectivity index (χ4n) is 3.64. The van der Waals surface area contributed by atoms with Crippen molar-refractivity contribution in [3.63, 3.8) is 0 Å². The van der Waals surface area contributed by atoms with Crippen molar-refractivity contribution in [2.75, 3.05) is 6.54 Å². The van der Waals surface area contributed by atoms with Crippen molar-refractivity contribution < 1.29 is 29.4 Å². The molecule has 0 aromatic heterocycles. The number of carboxylic acid groups (broad SMARTS) is 1. The minimum atomic E-state index is -1.18. The molecule has 4 unspecified atom stereocenters. The van der Waals surface area contributed by atoms with Gasteiger partial charge >= 0.3 is 5.97 Å². The number of benzene rings is 1. The summed E-state index contributed by atoms with van der Waals surface area (Å²) < 4.78 is 0. The van der Waals surface area contributed by atoms with Crippen molar-refractivity contribution in [1.82, 2.24) is 15.5 Å². The fourth-order valence-corrected chi connectivity index (χ4v) is 3.64. The second kappa shape index (κ2) is 10.9. The number of aromatic hydroxyl groups is 1. The van der Waals surface area contributed by atoms with E-state index < -0.39 is 42.0 Å². The van der Waals surface area contributed by atoms with E-state index in [1.165, 1.54) is 24.0 Å². The normalized spacial score (nSPS) is 18.7. The van der Waals surface area contributed by atoms with Gasteiger partial charge in [-0.1, -0.05) is 26.0 Å². The number of hydrogen-bond donors (Lipinski definition) is 5. The molecule has 1 saturated heterocycles. The summed E-state index contributed by atoms with van der Waals surface area (Å²) in [4.78, 5) is 50.8. The third-order valence-corrected chi connectivity index (χ3v) is 5.52. The molecule has 3 amide bonds. The van der Waals surface area contributed by atoms with Gasteiger partial charge < -0.3 is 31.5 Å². The lowest BCUT2D eigenvalue weighted by Crippen LogP contribution is -2.57. The summed E-state index contributed by atoms with van der Waals surface area (Å²) in [5.41, 5.74) is 6.89. The van der Waals surface area contributed by atoms with E-state index in [0.717, 1.165) is 5.56 Å². The van der Waals surface area contributed by atoms with Gasteiger partial charge in [0.15, 0.2) is 0 Å². The molecular formula is C22H32N4O6. The van der Waals surface area contributed by atoms with Gasteiger partial charge in [0.05, 0.1) is 6.04 Å². The Morgan fingerprint density at radius 3 is 2.31 bits per heavy atom. The number of hydrogen-bond acceptors (Lipinski definition) is 6. The van der Waals surface area contributed by atoms with Gasteiger partial charge in [-0.2, -0.15) is 0 Å². The number of rotatable bonds is 9. The van der Waals surface area contributed by atoms with Gasteiger partial charge in [0.2, 0.25) is 17.7 Å². The zero-order valence-electron chi connectivity index (χ0n) is 18.6. The maximum atomic E-state index is 12.9. The van der Waals surface area contributed by atoms with Crippen LogP contribution in [-0.4, -0.2) is 69.5 Å². The maximum absolute atomic E-state index is 12.9. The Morgan fingerprint density at radius 1 is 1.12 bits per heavy atom. The number of amides is 3. The molecule has 0 aliphatic carbocycles. The Hall–Kier alpha value is -3.14. The Morgan fingerprint density at radius 2 is 1.75 bits per heavy atom. The molecule has 1 aliphatic rings. The molecule has 10 heteroatoms. The van der Waals surface area contributed by atoms with Crippen LogP contribution in [0.15, 0.2) is 24.3 Å². The highest BCUT2D eigenvalue weighted by Crippen LogP contribution is 2.20. The van der Waals surface area contributed by atoms with E-state index in [1.807, 2.05) is 0 Å². The summed E-state index contributed by atoms with van der Waals surface area (Å²) in [5.74, 6) is -2.77. The largest absolute Gasteiger partial charge is 0.508 e. The number of carbonyl (C=O) groups excluding carboxylic acids is 3. The lowest BCUT2D eigenvalue weighted by atomic mass is 10.0. The number of carboxylic acids is 1. The summed E-state index contributed by atoms with van der Waals surface area (Å²) in [5, 5.41) is 23.4. The van der Waals surface area contributed by atoms with Crippen LogP contribution < -0.4 is 16.4 Å². The van der Waals surface area contributed by atoms with Gasteiger partial charge in [-0.3, -0.25) is 19.2 Å². The Balaban J connectivity index is 2.04.